The molecule has 0 amide bonds. The van der Waals surface area contributed by atoms with Crippen molar-refractivity contribution >= 4 is 64.7 Å². The number of hydrogen-bond donors (Lipinski definition) is 0. The Morgan fingerprint density at radius 2 is 1.44 bits per heavy atom. The van der Waals surface area contributed by atoms with Crippen molar-refractivity contribution in [2.45, 2.75) is 6.92 Å². The molecule has 0 radical (unpaired) electrons. The van der Waals surface area contributed by atoms with E-state index in [0.29, 0.717) is 0 Å². The molecule has 0 saturated carbocycles. The predicted molar refractivity (Wildman–Crippen MR) is 119 cm³/mol. The van der Waals surface area contributed by atoms with Crippen molar-refractivity contribution in [1.82, 2.24) is 9.97 Å². The van der Waals surface area contributed by atoms with Crippen LogP contribution in [0.15, 0.2) is 77.8 Å². The van der Waals surface area contributed by atoms with Crippen LogP contribution >= 0.6 is 22.7 Å². The Labute approximate surface area is 164 Å². The molecule has 0 N–H and O–H groups in total. The van der Waals surface area contributed by atoms with E-state index in [1.807, 2.05) is 11.0 Å². The Balaban J connectivity index is 0.000000119. The van der Waals surface area contributed by atoms with Gasteiger partial charge in [-0.1, -0.05) is 54.6 Å². The van der Waals surface area contributed by atoms with Gasteiger partial charge >= 0.3 is 0 Å². The van der Waals surface area contributed by atoms with Crippen LogP contribution in [0.4, 0.5) is 0 Å². The average Bonchev–Trinajstić information content (AvgIpc) is 3.38. The highest BCUT2D eigenvalue weighted by Crippen LogP contribution is 2.29. The Morgan fingerprint density at radius 1 is 0.704 bits per heavy atom. The molecule has 4 heteroatoms. The molecule has 4 aromatic carbocycles. The van der Waals surface area contributed by atoms with Crippen LogP contribution in [0.5, 0.6) is 0 Å². The number of benzene rings is 4. The highest BCUT2D eigenvalue weighted by molar-refractivity contribution is 7.17. The van der Waals surface area contributed by atoms with Crippen molar-refractivity contribution in [3.05, 3.63) is 83.3 Å². The number of fused-ring (bicyclic) bond motifs is 6. The fraction of sp³-hybridized carbons (Fsp3) is 0.0435. The van der Waals surface area contributed by atoms with Gasteiger partial charge in [0.25, 0.3) is 0 Å². The zero-order valence-corrected chi connectivity index (χ0v) is 16.3. The molecule has 2 nitrogen and oxygen atoms in total. The van der Waals surface area contributed by atoms with Gasteiger partial charge in [-0.15, -0.1) is 22.7 Å². The predicted octanol–water partition coefficient (Wildman–Crippen LogP) is 7.21. The molecular formula is C23H16N2S2. The average molecular weight is 385 g/mol. The fourth-order valence-corrected chi connectivity index (χ4v) is 5.08. The van der Waals surface area contributed by atoms with Crippen LogP contribution in [0.1, 0.15) is 5.56 Å². The molecule has 6 aromatic rings. The van der Waals surface area contributed by atoms with Crippen LogP contribution in [0.25, 0.3) is 42.0 Å². The number of aromatic nitrogens is 2. The molecule has 0 fully saturated rings. The molecule has 27 heavy (non-hydrogen) atoms. The van der Waals surface area contributed by atoms with Crippen molar-refractivity contribution in [3.8, 4) is 0 Å². The highest BCUT2D eigenvalue weighted by Gasteiger charge is 2.04. The van der Waals surface area contributed by atoms with E-state index >= 15 is 0 Å². The van der Waals surface area contributed by atoms with Crippen LogP contribution in [-0.2, 0) is 0 Å². The second kappa shape index (κ2) is 6.72. The lowest BCUT2D eigenvalue weighted by molar-refractivity contribution is 1.50. The molecular weight excluding hydrogens is 368 g/mol. The van der Waals surface area contributed by atoms with Crippen LogP contribution in [0, 0.1) is 6.92 Å². The number of thiazole rings is 2. The molecule has 0 aliphatic carbocycles. The highest BCUT2D eigenvalue weighted by atomic mass is 32.1. The topological polar surface area (TPSA) is 25.8 Å². The summed E-state index contributed by atoms with van der Waals surface area (Å²) in [6.45, 7) is 2.15. The van der Waals surface area contributed by atoms with Gasteiger partial charge in [0.15, 0.2) is 0 Å². The SMILES string of the molecule is Cc1cc2scnc2c2ccccc12.c1ccc2c(c1)ccc1ncsc12. The van der Waals surface area contributed by atoms with E-state index < -0.39 is 0 Å². The number of rotatable bonds is 0. The van der Waals surface area contributed by atoms with Crippen molar-refractivity contribution in [3.63, 3.8) is 0 Å². The van der Waals surface area contributed by atoms with Crippen LogP contribution in [-0.4, -0.2) is 9.97 Å². The van der Waals surface area contributed by atoms with Gasteiger partial charge in [0.2, 0.25) is 0 Å². The zero-order chi connectivity index (χ0) is 18.2. The molecule has 0 aliphatic rings. The van der Waals surface area contributed by atoms with Gasteiger partial charge in [0.1, 0.15) is 0 Å². The normalized spacial score (nSPS) is 11.1. The first kappa shape index (κ1) is 16.4. The fourth-order valence-electron chi connectivity index (χ4n) is 3.46. The second-order valence-electron chi connectivity index (χ2n) is 6.43. The number of hydrogen-bond acceptors (Lipinski definition) is 4. The number of nitrogens with zero attached hydrogens (tertiary/aromatic N) is 2. The quantitative estimate of drug-likeness (QED) is 0.276. The monoisotopic (exact) mass is 384 g/mol. The minimum atomic E-state index is 1.10. The van der Waals surface area contributed by atoms with Crippen LogP contribution in [0.2, 0.25) is 0 Å². The molecule has 2 aromatic heterocycles. The minimum Gasteiger partial charge on any atom is -0.245 e. The van der Waals surface area contributed by atoms with Crippen LogP contribution < -0.4 is 0 Å². The maximum atomic E-state index is 4.41. The van der Waals surface area contributed by atoms with E-state index in [1.165, 1.54) is 36.5 Å². The van der Waals surface area contributed by atoms with Gasteiger partial charge in [-0.3, -0.25) is 0 Å². The Morgan fingerprint density at radius 3 is 2.33 bits per heavy atom. The molecule has 0 bridgehead atoms. The van der Waals surface area contributed by atoms with Crippen molar-refractivity contribution in [2.24, 2.45) is 0 Å². The summed E-state index contributed by atoms with van der Waals surface area (Å²) in [5.41, 5.74) is 7.38. The van der Waals surface area contributed by atoms with E-state index in [0.717, 1.165) is 11.0 Å². The molecule has 0 saturated heterocycles. The molecule has 0 aliphatic heterocycles. The summed E-state index contributed by atoms with van der Waals surface area (Å²) >= 11 is 3.41. The Kier molecular flexibility index (Phi) is 4.07. The summed E-state index contributed by atoms with van der Waals surface area (Å²) < 4.78 is 2.57. The smallest absolute Gasteiger partial charge is 0.0890 e. The molecule has 0 unspecified atom stereocenters. The van der Waals surface area contributed by atoms with Crippen molar-refractivity contribution in [2.75, 3.05) is 0 Å². The third-order valence-corrected chi connectivity index (χ3v) is 6.42. The van der Waals surface area contributed by atoms with Gasteiger partial charge in [0.05, 0.1) is 31.5 Å². The van der Waals surface area contributed by atoms with E-state index in [4.69, 9.17) is 0 Å². The lowest BCUT2D eigenvalue weighted by atomic mass is 10.0. The zero-order valence-electron chi connectivity index (χ0n) is 14.7. The van der Waals surface area contributed by atoms with Gasteiger partial charge in [0, 0.05) is 10.8 Å². The summed E-state index contributed by atoms with van der Waals surface area (Å²) in [5, 5.41) is 5.18. The maximum Gasteiger partial charge on any atom is 0.0890 e. The summed E-state index contributed by atoms with van der Waals surface area (Å²) in [4.78, 5) is 8.69. The Bertz CT molecular complexity index is 1400. The summed E-state index contributed by atoms with van der Waals surface area (Å²) in [6.07, 6.45) is 0. The van der Waals surface area contributed by atoms with E-state index in [2.05, 4.69) is 83.6 Å². The standard InChI is InChI=1S/C12H9NS.C11H7NS/c1-8-6-11-12(13-7-14-11)10-5-3-2-4-9(8)10;1-2-4-9-8(3-1)5-6-10-11(9)13-7-12-10/h2-7H,1H3;1-7H. The molecule has 2 heterocycles. The molecule has 0 atom stereocenters. The summed E-state index contributed by atoms with van der Waals surface area (Å²) in [6, 6.07) is 23.3. The van der Waals surface area contributed by atoms with Crippen molar-refractivity contribution in [1.29, 1.82) is 0 Å². The molecule has 130 valence electrons. The van der Waals surface area contributed by atoms with Gasteiger partial charge in [-0.25, -0.2) is 9.97 Å². The van der Waals surface area contributed by atoms with Gasteiger partial charge in [-0.2, -0.15) is 0 Å². The Hall–Kier alpha value is -2.82. The lowest BCUT2D eigenvalue weighted by Gasteiger charge is -2.01. The third kappa shape index (κ3) is 2.87. The maximum absolute atomic E-state index is 4.41. The summed E-state index contributed by atoms with van der Waals surface area (Å²) in [5.74, 6) is 0. The lowest BCUT2D eigenvalue weighted by Crippen LogP contribution is -1.79. The van der Waals surface area contributed by atoms with Gasteiger partial charge < -0.3 is 0 Å². The second-order valence-corrected chi connectivity index (χ2v) is 8.17. The molecule has 6 rings (SSSR count). The largest absolute Gasteiger partial charge is 0.245 e. The van der Waals surface area contributed by atoms with E-state index in [1.54, 1.807) is 22.7 Å². The van der Waals surface area contributed by atoms with E-state index in [-0.39, 0.29) is 0 Å². The number of aryl methyl sites for hydroxylation is 1. The first-order valence-electron chi connectivity index (χ1n) is 8.74. The van der Waals surface area contributed by atoms with E-state index in [9.17, 15) is 0 Å². The summed E-state index contributed by atoms with van der Waals surface area (Å²) in [7, 11) is 0. The minimum absolute atomic E-state index is 1.10. The van der Waals surface area contributed by atoms with Gasteiger partial charge in [-0.05, 0) is 35.4 Å². The third-order valence-electron chi connectivity index (χ3n) is 4.77. The molecule has 0 spiro atoms. The first-order valence-corrected chi connectivity index (χ1v) is 10.5. The first-order chi connectivity index (χ1) is 13.3. The van der Waals surface area contributed by atoms with Crippen molar-refractivity contribution < 1.29 is 0 Å². The van der Waals surface area contributed by atoms with Crippen LogP contribution in [0.3, 0.4) is 0 Å².